The van der Waals surface area contributed by atoms with Crippen LogP contribution in [0.4, 0.5) is 4.79 Å². The van der Waals surface area contributed by atoms with Gasteiger partial charge in [-0.05, 0) is 24.6 Å². The molecule has 0 radical (unpaired) electrons. The fourth-order valence-corrected chi connectivity index (χ4v) is 1.50. The molecule has 20 heavy (non-hydrogen) atoms. The van der Waals surface area contributed by atoms with Crippen molar-refractivity contribution in [2.75, 3.05) is 19.5 Å². The Labute approximate surface area is 122 Å². The van der Waals surface area contributed by atoms with Crippen LogP contribution in [0.5, 0.6) is 5.75 Å². The van der Waals surface area contributed by atoms with Crippen LogP contribution in [-0.2, 0) is 9.09 Å². The minimum absolute atomic E-state index is 0.0884. The first-order valence-corrected chi connectivity index (χ1v) is 7.57. The number of halogens is 1. The largest absolute Gasteiger partial charge is 0.469 e. The lowest BCUT2D eigenvalue weighted by Crippen LogP contribution is -2.21. The fraction of sp³-hybridized carbons (Fsp3) is 0.364. The molecule has 0 aliphatic rings. The number of alkyl halides is 1. The van der Waals surface area contributed by atoms with Crippen molar-refractivity contribution in [2.24, 2.45) is 0 Å². The minimum Gasteiger partial charge on any atom is -0.410 e. The maximum absolute atomic E-state index is 10.8. The van der Waals surface area contributed by atoms with Gasteiger partial charge in [-0.15, -0.1) is 11.6 Å². The standard InChI is InChI=1S/C9H11NO2.C2H6ClO4P/c1-7-4-3-5-8(6-7)12-9(11)10-2;3-1-2-7-8(4,5)6/h3-6H,1-2H3,(H,10,11);1-2H2,(H2,4,5,6). The van der Waals surface area contributed by atoms with Crippen LogP contribution in [-0.4, -0.2) is 35.4 Å². The lowest BCUT2D eigenvalue weighted by atomic mass is 10.2. The monoisotopic (exact) mass is 325 g/mol. The van der Waals surface area contributed by atoms with Gasteiger partial charge in [-0.1, -0.05) is 12.1 Å². The van der Waals surface area contributed by atoms with Crippen LogP contribution in [0.25, 0.3) is 0 Å². The van der Waals surface area contributed by atoms with Crippen molar-refractivity contribution in [3.05, 3.63) is 29.8 Å². The Bertz CT molecular complexity index is 464. The summed E-state index contributed by atoms with van der Waals surface area (Å²) in [6.07, 6.45) is -0.444. The molecule has 1 rings (SSSR count). The van der Waals surface area contributed by atoms with Crippen molar-refractivity contribution in [1.82, 2.24) is 5.32 Å². The molecule has 1 aromatic carbocycles. The van der Waals surface area contributed by atoms with Crippen molar-refractivity contribution < 1.29 is 28.4 Å². The first kappa shape index (κ1) is 18.9. The molecule has 0 atom stereocenters. The zero-order valence-electron chi connectivity index (χ0n) is 11.1. The van der Waals surface area contributed by atoms with Crippen molar-refractivity contribution in [1.29, 1.82) is 0 Å². The van der Waals surface area contributed by atoms with Gasteiger partial charge >= 0.3 is 13.9 Å². The number of aryl methyl sites for hydroxylation is 1. The normalized spacial score (nSPS) is 10.2. The van der Waals surface area contributed by atoms with Gasteiger partial charge in [0.25, 0.3) is 0 Å². The summed E-state index contributed by atoms with van der Waals surface area (Å²) in [4.78, 5) is 26.7. The van der Waals surface area contributed by atoms with Gasteiger partial charge in [-0.2, -0.15) is 0 Å². The number of phosphoric acid groups is 1. The van der Waals surface area contributed by atoms with Gasteiger partial charge in [0.2, 0.25) is 0 Å². The summed E-state index contributed by atoms with van der Waals surface area (Å²) in [5.74, 6) is 0.653. The molecule has 0 aromatic heterocycles. The third-order valence-corrected chi connectivity index (χ3v) is 2.41. The topological polar surface area (TPSA) is 105 Å². The number of benzene rings is 1. The highest BCUT2D eigenvalue weighted by atomic mass is 35.5. The molecule has 0 spiro atoms. The Kier molecular flexibility index (Phi) is 9.20. The van der Waals surface area contributed by atoms with E-state index in [1.165, 1.54) is 7.05 Å². The highest BCUT2D eigenvalue weighted by molar-refractivity contribution is 7.46. The fourth-order valence-electron chi connectivity index (χ4n) is 0.990. The molecule has 0 fully saturated rings. The number of carbonyl (C=O) groups excluding carboxylic acids is 1. The molecule has 0 saturated carbocycles. The van der Waals surface area contributed by atoms with Crippen LogP contribution in [0.2, 0.25) is 0 Å². The highest BCUT2D eigenvalue weighted by Crippen LogP contribution is 2.35. The van der Waals surface area contributed by atoms with E-state index < -0.39 is 13.9 Å². The Balaban J connectivity index is 0.000000396. The summed E-state index contributed by atoms with van der Waals surface area (Å²) in [7, 11) is -2.74. The maximum Gasteiger partial charge on any atom is 0.469 e. The van der Waals surface area contributed by atoms with Crippen LogP contribution in [0.3, 0.4) is 0 Å². The van der Waals surface area contributed by atoms with Gasteiger partial charge in [0, 0.05) is 12.9 Å². The smallest absolute Gasteiger partial charge is 0.410 e. The van der Waals surface area contributed by atoms with Crippen molar-refractivity contribution in [2.45, 2.75) is 6.92 Å². The number of amides is 1. The second kappa shape index (κ2) is 9.74. The number of ether oxygens (including phenoxy) is 1. The van der Waals surface area contributed by atoms with E-state index in [9.17, 15) is 9.36 Å². The molecule has 0 aliphatic carbocycles. The SMILES string of the molecule is CNC(=O)Oc1cccc(C)c1.O=P(O)(O)OCCCl. The zero-order chi connectivity index (χ0) is 15.6. The molecular weight excluding hydrogens is 309 g/mol. The summed E-state index contributed by atoms with van der Waals surface area (Å²) in [5.41, 5.74) is 1.07. The Morgan fingerprint density at radius 1 is 1.45 bits per heavy atom. The van der Waals surface area contributed by atoms with E-state index in [4.69, 9.17) is 26.1 Å². The van der Waals surface area contributed by atoms with Crippen LogP contribution >= 0.6 is 19.4 Å². The number of phosphoric ester groups is 1. The number of nitrogens with one attached hydrogen (secondary N) is 1. The molecule has 3 N–H and O–H groups in total. The Hall–Kier alpha value is -1.11. The third kappa shape index (κ3) is 10.8. The highest BCUT2D eigenvalue weighted by Gasteiger charge is 2.11. The second-order valence-corrected chi connectivity index (χ2v) is 5.09. The van der Waals surface area contributed by atoms with Gasteiger partial charge in [-0.25, -0.2) is 9.36 Å². The van der Waals surface area contributed by atoms with E-state index in [2.05, 4.69) is 9.84 Å². The van der Waals surface area contributed by atoms with Crippen molar-refractivity contribution >= 4 is 25.5 Å². The molecule has 0 unspecified atom stereocenters. The number of rotatable bonds is 4. The summed E-state index contributed by atoms with van der Waals surface area (Å²) in [6.45, 7) is 1.82. The summed E-state index contributed by atoms with van der Waals surface area (Å²) in [6, 6.07) is 7.32. The summed E-state index contributed by atoms with van der Waals surface area (Å²) in [5, 5.41) is 2.37. The molecule has 1 aromatic rings. The number of hydrogen-bond donors (Lipinski definition) is 3. The predicted octanol–water partition coefficient (Wildman–Crippen LogP) is 2.05. The summed E-state index contributed by atoms with van der Waals surface area (Å²) < 4.78 is 18.6. The molecule has 114 valence electrons. The molecule has 0 heterocycles. The molecule has 1 amide bonds. The van der Waals surface area contributed by atoms with Crippen molar-refractivity contribution in [3.8, 4) is 5.75 Å². The Morgan fingerprint density at radius 3 is 2.50 bits per heavy atom. The first-order valence-electron chi connectivity index (χ1n) is 5.50. The first-order chi connectivity index (χ1) is 9.28. The van der Waals surface area contributed by atoms with E-state index in [0.29, 0.717) is 5.75 Å². The molecule has 0 aliphatic heterocycles. The molecule has 0 bridgehead atoms. The number of carbonyl (C=O) groups is 1. The third-order valence-electron chi connectivity index (χ3n) is 1.74. The predicted molar refractivity (Wildman–Crippen MR) is 75.0 cm³/mol. The molecular formula is C11H17ClNO6P. The van der Waals surface area contributed by atoms with Gasteiger partial charge in [0.15, 0.2) is 0 Å². The van der Waals surface area contributed by atoms with E-state index in [-0.39, 0.29) is 12.5 Å². The lowest BCUT2D eigenvalue weighted by Gasteiger charge is -2.02. The minimum atomic E-state index is -4.27. The van der Waals surface area contributed by atoms with Gasteiger partial charge < -0.3 is 19.8 Å². The zero-order valence-corrected chi connectivity index (χ0v) is 12.7. The van der Waals surface area contributed by atoms with Gasteiger partial charge in [0.1, 0.15) is 5.75 Å². The van der Waals surface area contributed by atoms with Crippen LogP contribution in [0.15, 0.2) is 24.3 Å². The quantitative estimate of drug-likeness (QED) is 0.578. The van der Waals surface area contributed by atoms with E-state index in [1.807, 2.05) is 19.1 Å². The van der Waals surface area contributed by atoms with Crippen LogP contribution in [0.1, 0.15) is 5.56 Å². The second-order valence-electron chi connectivity index (χ2n) is 3.47. The van der Waals surface area contributed by atoms with Crippen LogP contribution < -0.4 is 10.1 Å². The molecule has 0 saturated heterocycles. The molecule has 7 nitrogen and oxygen atoms in total. The van der Waals surface area contributed by atoms with E-state index in [0.717, 1.165) is 5.56 Å². The van der Waals surface area contributed by atoms with E-state index in [1.54, 1.807) is 12.1 Å². The van der Waals surface area contributed by atoms with Crippen LogP contribution in [0, 0.1) is 6.92 Å². The Morgan fingerprint density at radius 2 is 2.10 bits per heavy atom. The lowest BCUT2D eigenvalue weighted by molar-refractivity contribution is 0.202. The van der Waals surface area contributed by atoms with Crippen molar-refractivity contribution in [3.63, 3.8) is 0 Å². The maximum atomic E-state index is 10.8. The average Bonchev–Trinajstić information content (AvgIpc) is 2.36. The van der Waals surface area contributed by atoms with Gasteiger partial charge in [-0.3, -0.25) is 4.52 Å². The van der Waals surface area contributed by atoms with Gasteiger partial charge in [0.05, 0.1) is 6.61 Å². The average molecular weight is 326 g/mol. The summed E-state index contributed by atoms with van der Waals surface area (Å²) >= 11 is 5.04. The van der Waals surface area contributed by atoms with E-state index >= 15 is 0 Å². The molecule has 9 heteroatoms. The number of hydrogen-bond acceptors (Lipinski definition) is 4.